The topological polar surface area (TPSA) is 0 Å². The van der Waals surface area contributed by atoms with Crippen LogP contribution in [0, 0.1) is 13.8 Å². The van der Waals surface area contributed by atoms with Crippen molar-refractivity contribution in [2.45, 2.75) is 54.4 Å². The molecule has 0 spiro atoms. The third kappa shape index (κ3) is 18.0. The lowest BCUT2D eigenvalue weighted by atomic mass is 10.2. The highest BCUT2D eigenvalue weighted by molar-refractivity contribution is 5.12. The summed E-state index contributed by atoms with van der Waals surface area (Å²) >= 11 is 0. The SMILES string of the molecule is C1=CCCC=C1.CC.CC.Cc1ccccc1.Cc1ccccc1. The summed E-state index contributed by atoms with van der Waals surface area (Å²) in [5.74, 6) is 0. The van der Waals surface area contributed by atoms with E-state index in [0.717, 1.165) is 0 Å². The van der Waals surface area contributed by atoms with Gasteiger partial charge in [0.1, 0.15) is 0 Å². The van der Waals surface area contributed by atoms with Crippen LogP contribution in [0.1, 0.15) is 51.7 Å². The van der Waals surface area contributed by atoms with E-state index in [1.165, 1.54) is 24.0 Å². The molecule has 24 heavy (non-hydrogen) atoms. The lowest BCUT2D eigenvalue weighted by Crippen LogP contribution is -1.67. The van der Waals surface area contributed by atoms with Crippen LogP contribution in [0.25, 0.3) is 0 Å². The predicted octanol–water partition coefficient (Wildman–Crippen LogP) is 7.94. The van der Waals surface area contributed by atoms with Crippen LogP contribution >= 0.6 is 0 Å². The standard InChI is InChI=1S/2C7H8.C6H8.2C2H6/c2*1-7-5-3-2-4-6-7;1-2-4-6-5-3-1;2*1-2/h2*2-6H,1H3;1-4H,5-6H2;2*1-2H3. The van der Waals surface area contributed by atoms with Gasteiger partial charge in [-0.25, -0.2) is 0 Å². The Hall–Kier alpha value is -2.08. The molecule has 0 aliphatic heterocycles. The van der Waals surface area contributed by atoms with E-state index in [4.69, 9.17) is 0 Å². The Morgan fingerprint density at radius 1 is 0.500 bits per heavy atom. The van der Waals surface area contributed by atoms with E-state index in [9.17, 15) is 0 Å². The fraction of sp³-hybridized carbons (Fsp3) is 0.333. The van der Waals surface area contributed by atoms with Gasteiger partial charge in [0.2, 0.25) is 0 Å². The minimum absolute atomic E-state index is 1.23. The van der Waals surface area contributed by atoms with Gasteiger partial charge in [-0.1, -0.05) is 124 Å². The van der Waals surface area contributed by atoms with Gasteiger partial charge in [0, 0.05) is 0 Å². The van der Waals surface area contributed by atoms with Crippen molar-refractivity contribution in [3.63, 3.8) is 0 Å². The Morgan fingerprint density at radius 3 is 0.917 bits per heavy atom. The van der Waals surface area contributed by atoms with Crippen molar-refractivity contribution in [1.82, 2.24) is 0 Å². The fourth-order valence-electron chi connectivity index (χ4n) is 1.61. The van der Waals surface area contributed by atoms with Crippen molar-refractivity contribution in [1.29, 1.82) is 0 Å². The molecule has 0 aromatic heterocycles. The summed E-state index contributed by atoms with van der Waals surface area (Å²) in [4.78, 5) is 0. The molecule has 3 rings (SSSR count). The zero-order valence-corrected chi connectivity index (χ0v) is 16.5. The highest BCUT2D eigenvalue weighted by Crippen LogP contribution is 1.98. The molecule has 2 aromatic carbocycles. The monoisotopic (exact) mass is 324 g/mol. The molecule has 0 unspecified atom stereocenters. The van der Waals surface area contributed by atoms with Gasteiger partial charge < -0.3 is 0 Å². The summed E-state index contributed by atoms with van der Waals surface area (Å²) in [5, 5.41) is 0. The number of allylic oxidation sites excluding steroid dienone is 4. The molecule has 0 heteroatoms. The minimum Gasteiger partial charge on any atom is -0.0842 e. The van der Waals surface area contributed by atoms with Gasteiger partial charge in [-0.05, 0) is 26.7 Å². The average molecular weight is 325 g/mol. The average Bonchev–Trinajstić information content (AvgIpc) is 2.69. The minimum atomic E-state index is 1.23. The highest BCUT2D eigenvalue weighted by atomic mass is 13.8. The van der Waals surface area contributed by atoms with Crippen LogP contribution in [0.4, 0.5) is 0 Å². The molecular weight excluding hydrogens is 288 g/mol. The van der Waals surface area contributed by atoms with E-state index in [1.54, 1.807) is 0 Å². The van der Waals surface area contributed by atoms with Crippen LogP contribution in [0.3, 0.4) is 0 Å². The van der Waals surface area contributed by atoms with Crippen LogP contribution in [0.15, 0.2) is 85.0 Å². The molecule has 0 radical (unpaired) electrons. The van der Waals surface area contributed by atoms with Crippen molar-refractivity contribution in [3.05, 3.63) is 96.1 Å². The molecule has 0 saturated heterocycles. The molecule has 0 N–H and O–H groups in total. The van der Waals surface area contributed by atoms with Crippen LogP contribution in [0.5, 0.6) is 0 Å². The van der Waals surface area contributed by atoms with Gasteiger partial charge in [0.25, 0.3) is 0 Å². The van der Waals surface area contributed by atoms with Gasteiger partial charge >= 0.3 is 0 Å². The number of hydrogen-bond donors (Lipinski definition) is 0. The predicted molar refractivity (Wildman–Crippen MR) is 113 cm³/mol. The largest absolute Gasteiger partial charge is 0.0842 e. The van der Waals surface area contributed by atoms with Crippen molar-refractivity contribution in [3.8, 4) is 0 Å². The summed E-state index contributed by atoms with van der Waals surface area (Å²) in [5.41, 5.74) is 2.64. The van der Waals surface area contributed by atoms with E-state index < -0.39 is 0 Å². The maximum atomic E-state index is 2.18. The number of hydrogen-bond acceptors (Lipinski definition) is 0. The summed E-state index contributed by atoms with van der Waals surface area (Å²) in [6, 6.07) is 20.5. The van der Waals surface area contributed by atoms with Gasteiger partial charge in [0.05, 0.1) is 0 Å². The molecular formula is C24H36. The molecule has 0 saturated carbocycles. The second-order valence-electron chi connectivity index (χ2n) is 4.74. The molecule has 1 aliphatic carbocycles. The number of rotatable bonds is 0. The van der Waals surface area contributed by atoms with Gasteiger partial charge in [-0.3, -0.25) is 0 Å². The second-order valence-corrected chi connectivity index (χ2v) is 4.74. The Labute approximate surface area is 151 Å². The summed E-state index contributed by atoms with van der Waals surface area (Å²) in [7, 11) is 0. The van der Waals surface area contributed by atoms with Gasteiger partial charge in [0.15, 0.2) is 0 Å². The number of aryl methyl sites for hydroxylation is 2. The maximum absolute atomic E-state index is 2.18. The highest BCUT2D eigenvalue weighted by Gasteiger charge is 1.77. The van der Waals surface area contributed by atoms with E-state index in [-0.39, 0.29) is 0 Å². The Morgan fingerprint density at radius 2 is 0.792 bits per heavy atom. The second kappa shape index (κ2) is 20.9. The smallest absolute Gasteiger partial charge is 0.0313 e. The molecule has 1 aliphatic rings. The van der Waals surface area contributed by atoms with Crippen LogP contribution in [-0.2, 0) is 0 Å². The zero-order chi connectivity index (χ0) is 18.5. The maximum Gasteiger partial charge on any atom is -0.0313 e. The number of benzene rings is 2. The van der Waals surface area contributed by atoms with Crippen LogP contribution < -0.4 is 0 Å². The van der Waals surface area contributed by atoms with Crippen molar-refractivity contribution >= 4 is 0 Å². The fourth-order valence-corrected chi connectivity index (χ4v) is 1.61. The van der Waals surface area contributed by atoms with E-state index in [1.807, 2.05) is 64.1 Å². The molecule has 2 aromatic rings. The first-order chi connectivity index (χ1) is 11.8. The van der Waals surface area contributed by atoms with Gasteiger partial charge in [-0.15, -0.1) is 0 Å². The van der Waals surface area contributed by atoms with Crippen molar-refractivity contribution in [2.75, 3.05) is 0 Å². The first-order valence-electron chi connectivity index (χ1n) is 9.14. The Balaban J connectivity index is 0. The van der Waals surface area contributed by atoms with E-state index in [0.29, 0.717) is 0 Å². The quantitative estimate of drug-likeness (QED) is 0.461. The van der Waals surface area contributed by atoms with Crippen LogP contribution in [0.2, 0.25) is 0 Å². The van der Waals surface area contributed by atoms with Gasteiger partial charge in [-0.2, -0.15) is 0 Å². The molecule has 0 atom stereocenters. The van der Waals surface area contributed by atoms with Crippen LogP contribution in [-0.4, -0.2) is 0 Å². The van der Waals surface area contributed by atoms with E-state index >= 15 is 0 Å². The van der Waals surface area contributed by atoms with Crippen molar-refractivity contribution < 1.29 is 0 Å². The molecule has 132 valence electrons. The molecule has 0 bridgehead atoms. The molecule has 0 heterocycles. The first kappa shape index (κ1) is 24.2. The first-order valence-corrected chi connectivity index (χ1v) is 9.14. The molecule has 0 amide bonds. The molecule has 0 fully saturated rings. The van der Waals surface area contributed by atoms with Crippen molar-refractivity contribution in [2.24, 2.45) is 0 Å². The Bertz CT molecular complexity index is 443. The summed E-state index contributed by atoms with van der Waals surface area (Å²) in [6.07, 6.45) is 11.0. The summed E-state index contributed by atoms with van der Waals surface area (Å²) in [6.45, 7) is 12.2. The normalized spacial score (nSPS) is 10.2. The third-order valence-electron chi connectivity index (χ3n) is 2.76. The lowest BCUT2D eigenvalue weighted by Gasteiger charge is -1.88. The Kier molecular flexibility index (Phi) is 21.1. The zero-order valence-electron chi connectivity index (χ0n) is 16.5. The molecule has 0 nitrogen and oxygen atoms in total. The lowest BCUT2D eigenvalue weighted by molar-refractivity contribution is 1.04. The summed E-state index contributed by atoms with van der Waals surface area (Å²) < 4.78 is 0. The van der Waals surface area contributed by atoms with E-state index in [2.05, 4.69) is 62.4 Å². The third-order valence-corrected chi connectivity index (χ3v) is 2.76.